The van der Waals surface area contributed by atoms with E-state index in [1.807, 2.05) is 19.9 Å². The number of ether oxygens (including phenoxy) is 8. The molecule has 1 N–H and O–H groups in total. The third kappa shape index (κ3) is 7.93. The molecule has 8 fully saturated rings. The Morgan fingerprint density at radius 1 is 0.815 bits per heavy atom. The lowest BCUT2D eigenvalue weighted by Crippen LogP contribution is -2.75. The fourth-order valence-electron chi connectivity index (χ4n) is 14.1. The van der Waals surface area contributed by atoms with Gasteiger partial charge in [-0.05, 0) is 49.8 Å². The predicted octanol–water partition coefficient (Wildman–Crippen LogP) is 9.82. The van der Waals surface area contributed by atoms with Crippen LogP contribution in [0.15, 0.2) is 42.5 Å². The van der Waals surface area contributed by atoms with Gasteiger partial charge >= 0.3 is 17.9 Å². The standard InChI is InChI=1S/C53H76O12/c1-6-7-8-9-10-11-12-13-14-15-16-19-25-30-39(54)59-34-50-44(60-50)41-43-49(35(2)3)32-38(33-58-45(55)37-28-23-21-24-29-37)52(41)42-40(48(5)62-47(57)53(42,63-48)46(50)56)36(4)27-22-18-17-20-26-31-51(61-43,64-49)65-52/h21,23-24,28-29,36,38,40-44,46,56H,2,6-20,22,25-27,30-34H2,1,3-5H3/t36-,38-,40+,41+,42-,43+,44-,46+,48-,49+,50-,51?,52+,53-/m0/s1. The van der Waals surface area contributed by atoms with Crippen LogP contribution in [0.3, 0.4) is 0 Å². The Kier molecular flexibility index (Phi) is 13.5. The van der Waals surface area contributed by atoms with Gasteiger partial charge in [-0.1, -0.05) is 148 Å². The summed E-state index contributed by atoms with van der Waals surface area (Å²) in [5, 5.41) is 13.1. The van der Waals surface area contributed by atoms with Crippen LogP contribution in [0.1, 0.15) is 179 Å². The van der Waals surface area contributed by atoms with Crippen molar-refractivity contribution in [3.63, 3.8) is 0 Å². The average molecular weight is 905 g/mol. The van der Waals surface area contributed by atoms with Crippen molar-refractivity contribution in [3.05, 3.63) is 48.0 Å². The molecule has 2 saturated carbocycles. The number of aliphatic hydroxyl groups excluding tert-OH is 1. The fraction of sp³-hybridized carbons (Fsp3) is 0.792. The topological polar surface area (TPSA) is 149 Å². The van der Waals surface area contributed by atoms with Crippen molar-refractivity contribution in [3.8, 4) is 0 Å². The molecule has 2 aliphatic carbocycles. The van der Waals surface area contributed by atoms with Gasteiger partial charge in [-0.15, -0.1) is 0 Å². The largest absolute Gasteiger partial charge is 0.462 e. The SMILES string of the molecule is C=C(C)[C@]12C[C@@H](COC(=O)c3ccccc3)[C@]34OC5(CCCCCCC[C@H](C)[C@@H]6[C@@H]3[C@]3(O[C@]6(C)OC3=O)[C@H](O)[C@@]3(COC(=O)CCCCCCCCCCCCCCC)O[C@H]3[C@H]4[C@H]1O5)O2. The molecule has 12 heteroatoms. The van der Waals surface area contributed by atoms with Crippen molar-refractivity contribution >= 4 is 17.9 Å². The highest BCUT2D eigenvalue weighted by Gasteiger charge is 2.94. The summed E-state index contributed by atoms with van der Waals surface area (Å²) in [6.07, 6.45) is 19.2. The van der Waals surface area contributed by atoms with Gasteiger partial charge in [0.2, 0.25) is 11.4 Å². The number of aliphatic hydroxyl groups is 1. The third-order valence-corrected chi connectivity index (χ3v) is 17.2. The number of esters is 3. The molecule has 65 heavy (non-hydrogen) atoms. The number of hydrogen-bond donors (Lipinski definition) is 1. The summed E-state index contributed by atoms with van der Waals surface area (Å²) in [6, 6.07) is 8.88. The van der Waals surface area contributed by atoms with Gasteiger partial charge in [0.25, 0.3) is 5.97 Å². The zero-order valence-electron chi connectivity index (χ0n) is 39.6. The summed E-state index contributed by atoms with van der Waals surface area (Å²) in [5.41, 5.74) is -4.82. The number of rotatable bonds is 20. The van der Waals surface area contributed by atoms with E-state index in [0.29, 0.717) is 24.8 Å². The molecule has 5 bridgehead atoms. The summed E-state index contributed by atoms with van der Waals surface area (Å²) in [7, 11) is 0. The third-order valence-electron chi connectivity index (χ3n) is 17.2. The maximum atomic E-state index is 14.9. The molecule has 6 aliphatic heterocycles. The number of carbonyl (C=O) groups is 3. The first-order valence-electron chi connectivity index (χ1n) is 25.7. The number of fused-ring (bicyclic) bond motifs is 3. The first-order chi connectivity index (χ1) is 31.3. The number of carbonyl (C=O) groups excluding carboxylic acids is 3. The summed E-state index contributed by atoms with van der Waals surface area (Å²) < 4.78 is 54.5. The summed E-state index contributed by atoms with van der Waals surface area (Å²) >= 11 is 0. The van der Waals surface area contributed by atoms with Gasteiger partial charge in [0.15, 0.2) is 5.60 Å². The van der Waals surface area contributed by atoms with E-state index in [1.165, 1.54) is 57.8 Å². The van der Waals surface area contributed by atoms with Crippen molar-refractivity contribution in [2.45, 2.75) is 221 Å². The average Bonchev–Trinajstić information content (AvgIpc) is 3.78. The highest BCUT2D eigenvalue weighted by Crippen LogP contribution is 2.77. The molecule has 1 unspecified atom stereocenters. The van der Waals surface area contributed by atoms with E-state index < -0.39 is 88.1 Å². The molecule has 1 aromatic rings. The van der Waals surface area contributed by atoms with Gasteiger partial charge in [-0.25, -0.2) is 9.59 Å². The molecular formula is C53H76O12. The minimum Gasteiger partial charge on any atom is -0.462 e. The minimum atomic E-state index is -1.97. The molecule has 0 amide bonds. The molecule has 14 atom stereocenters. The number of epoxide rings is 1. The van der Waals surface area contributed by atoms with Crippen molar-refractivity contribution in [2.24, 2.45) is 29.6 Å². The molecule has 8 aliphatic rings. The van der Waals surface area contributed by atoms with E-state index in [4.69, 9.17) is 37.9 Å². The zero-order chi connectivity index (χ0) is 45.7. The lowest BCUT2D eigenvalue weighted by Gasteiger charge is -2.62. The second kappa shape index (κ2) is 18.6. The molecule has 6 heterocycles. The highest BCUT2D eigenvalue weighted by atomic mass is 16.9. The van der Waals surface area contributed by atoms with Gasteiger partial charge in [-0.2, -0.15) is 0 Å². The van der Waals surface area contributed by atoms with Crippen LogP contribution in [-0.2, 0) is 47.5 Å². The zero-order valence-corrected chi connectivity index (χ0v) is 39.6. The molecule has 6 saturated heterocycles. The van der Waals surface area contributed by atoms with Crippen LogP contribution in [0.4, 0.5) is 0 Å². The van der Waals surface area contributed by atoms with E-state index in [1.54, 1.807) is 24.3 Å². The maximum absolute atomic E-state index is 14.9. The summed E-state index contributed by atoms with van der Waals surface area (Å²) in [5.74, 6) is -7.04. The van der Waals surface area contributed by atoms with E-state index in [2.05, 4.69) is 20.4 Å². The lowest BCUT2D eigenvalue weighted by molar-refractivity contribution is -0.436. The quantitative estimate of drug-likeness (QED) is 0.0437. The van der Waals surface area contributed by atoms with Crippen LogP contribution in [0.5, 0.6) is 0 Å². The molecule has 1 aromatic carbocycles. The highest BCUT2D eigenvalue weighted by molar-refractivity contribution is 5.89. The Balaban J connectivity index is 1.01. The molecule has 3 spiro atoms. The smallest absolute Gasteiger partial charge is 0.344 e. The van der Waals surface area contributed by atoms with Crippen molar-refractivity contribution in [1.29, 1.82) is 0 Å². The fourth-order valence-corrected chi connectivity index (χ4v) is 14.1. The van der Waals surface area contributed by atoms with Crippen LogP contribution in [-0.4, -0.2) is 88.7 Å². The minimum absolute atomic E-state index is 0.0336. The number of unbranched alkanes of at least 4 members (excludes halogenated alkanes) is 12. The van der Waals surface area contributed by atoms with Crippen LogP contribution < -0.4 is 0 Å². The van der Waals surface area contributed by atoms with E-state index in [0.717, 1.165) is 63.4 Å². The predicted molar refractivity (Wildman–Crippen MR) is 240 cm³/mol. The second-order valence-corrected chi connectivity index (χ2v) is 21.5. The first kappa shape index (κ1) is 47.2. The molecule has 360 valence electrons. The monoisotopic (exact) mass is 905 g/mol. The molecule has 12 nitrogen and oxygen atoms in total. The Morgan fingerprint density at radius 2 is 1.48 bits per heavy atom. The van der Waals surface area contributed by atoms with Gasteiger partial charge in [0, 0.05) is 43.4 Å². The van der Waals surface area contributed by atoms with Gasteiger partial charge < -0.3 is 43.0 Å². The van der Waals surface area contributed by atoms with Gasteiger partial charge in [-0.3, -0.25) is 4.79 Å². The van der Waals surface area contributed by atoms with Gasteiger partial charge in [0.1, 0.15) is 30.5 Å². The Labute approximate surface area is 386 Å². The Bertz CT molecular complexity index is 1910. The summed E-state index contributed by atoms with van der Waals surface area (Å²) in [6.45, 7) is 12.3. The van der Waals surface area contributed by atoms with Crippen LogP contribution in [0.25, 0.3) is 0 Å². The normalized spacial score (nSPS) is 41.9. The molecular weight excluding hydrogens is 829 g/mol. The molecule has 0 radical (unpaired) electrons. The maximum Gasteiger partial charge on any atom is 0.344 e. The summed E-state index contributed by atoms with van der Waals surface area (Å²) in [4.78, 5) is 42.3. The van der Waals surface area contributed by atoms with E-state index >= 15 is 0 Å². The molecule has 0 aromatic heterocycles. The second-order valence-electron chi connectivity index (χ2n) is 21.5. The van der Waals surface area contributed by atoms with Crippen LogP contribution in [0.2, 0.25) is 0 Å². The lowest BCUT2D eigenvalue weighted by atomic mass is 9.50. The van der Waals surface area contributed by atoms with Crippen molar-refractivity contribution in [1.82, 2.24) is 0 Å². The van der Waals surface area contributed by atoms with Crippen molar-refractivity contribution < 1.29 is 57.4 Å². The van der Waals surface area contributed by atoms with Gasteiger partial charge in [0.05, 0.1) is 17.8 Å². The first-order valence-corrected chi connectivity index (χ1v) is 25.7. The van der Waals surface area contributed by atoms with E-state index in [9.17, 15) is 19.5 Å². The van der Waals surface area contributed by atoms with E-state index in [-0.39, 0.29) is 31.5 Å². The van der Waals surface area contributed by atoms with Crippen LogP contribution in [0, 0.1) is 29.6 Å². The van der Waals surface area contributed by atoms with Crippen LogP contribution >= 0.6 is 0 Å². The Morgan fingerprint density at radius 3 is 2.17 bits per heavy atom. The Hall–Kier alpha value is -2.87. The number of benzene rings is 1. The number of hydrogen-bond acceptors (Lipinski definition) is 12. The van der Waals surface area contributed by atoms with Crippen molar-refractivity contribution in [2.75, 3.05) is 13.2 Å². The molecule has 9 rings (SSSR count).